The molecule has 3 N–H and O–H groups in total. The van der Waals surface area contributed by atoms with E-state index < -0.39 is 35.6 Å². The van der Waals surface area contributed by atoms with Gasteiger partial charge in [0.2, 0.25) is 0 Å². The number of hydrogen-bond donors (Lipinski definition) is 3. The summed E-state index contributed by atoms with van der Waals surface area (Å²) in [5, 5.41) is 8.09. The van der Waals surface area contributed by atoms with Gasteiger partial charge in [0.15, 0.2) is 0 Å². The fourth-order valence-electron chi connectivity index (χ4n) is 4.29. The molecule has 0 spiro atoms. The zero-order valence-corrected chi connectivity index (χ0v) is 27.7. The van der Waals surface area contributed by atoms with Crippen molar-refractivity contribution < 1.29 is 57.2 Å². The van der Waals surface area contributed by atoms with Gasteiger partial charge in [-0.05, 0) is 91.0 Å². The highest BCUT2D eigenvalue weighted by molar-refractivity contribution is 6.11. The van der Waals surface area contributed by atoms with E-state index in [1.807, 2.05) is 0 Å². The Morgan fingerprint density at radius 2 is 0.725 bits per heavy atom. The molecule has 4 aromatic rings. The molecule has 0 heterocycles. The zero-order chi connectivity index (χ0) is 36.8. The van der Waals surface area contributed by atoms with Gasteiger partial charge in [0.25, 0.3) is 17.7 Å². The van der Waals surface area contributed by atoms with Gasteiger partial charge in [-0.15, -0.1) is 0 Å². The number of rotatable bonds is 15. The molecule has 4 rings (SSSR count). The van der Waals surface area contributed by atoms with E-state index in [4.69, 9.17) is 28.4 Å². The summed E-state index contributed by atoms with van der Waals surface area (Å²) in [5.41, 5.74) is 1.06. The van der Waals surface area contributed by atoms with Crippen LogP contribution in [0.1, 0.15) is 31.1 Å². The first-order valence-corrected chi connectivity index (χ1v) is 15.0. The van der Waals surface area contributed by atoms with Crippen LogP contribution >= 0.6 is 0 Å². The molecule has 0 fully saturated rings. The lowest BCUT2D eigenvalue weighted by Crippen LogP contribution is -2.18. The molecule has 0 aliphatic carbocycles. The van der Waals surface area contributed by atoms with Crippen LogP contribution in [0.2, 0.25) is 0 Å². The molecule has 0 aromatic heterocycles. The van der Waals surface area contributed by atoms with Gasteiger partial charge < -0.3 is 44.4 Å². The number of hydrogen-bond acceptors (Lipinski definition) is 12. The highest BCUT2D eigenvalue weighted by Gasteiger charge is 2.17. The summed E-state index contributed by atoms with van der Waals surface area (Å²) in [6, 6.07) is 21.8. The fourth-order valence-corrected chi connectivity index (χ4v) is 4.29. The molecule has 51 heavy (non-hydrogen) atoms. The Morgan fingerprint density at radius 3 is 1.08 bits per heavy atom. The maximum atomic E-state index is 13.4. The number of ether oxygens (including phenoxy) is 6. The summed E-state index contributed by atoms with van der Waals surface area (Å²) in [6.45, 7) is -0.702. The van der Waals surface area contributed by atoms with E-state index in [0.29, 0.717) is 11.4 Å². The van der Waals surface area contributed by atoms with Crippen molar-refractivity contribution in [3.8, 4) is 17.2 Å². The second-order valence-electron chi connectivity index (χ2n) is 10.5. The Bertz CT molecular complexity index is 1780. The van der Waals surface area contributed by atoms with Crippen molar-refractivity contribution in [2.45, 2.75) is 0 Å². The average molecular weight is 700 g/mol. The smallest absolute Gasteiger partial charge is 0.337 e. The molecule has 0 aliphatic heterocycles. The third-order valence-corrected chi connectivity index (χ3v) is 6.54. The second kappa shape index (κ2) is 18.4. The van der Waals surface area contributed by atoms with Crippen molar-refractivity contribution in [1.82, 2.24) is 0 Å². The second-order valence-corrected chi connectivity index (χ2v) is 10.5. The number of nitrogens with one attached hydrogen (secondary N) is 3. The molecular formula is C36H33N3O12. The lowest BCUT2D eigenvalue weighted by Gasteiger charge is -2.13. The molecule has 4 aromatic carbocycles. The first kappa shape index (κ1) is 37.4. The molecule has 0 atom stereocenters. The van der Waals surface area contributed by atoms with Gasteiger partial charge in [-0.3, -0.25) is 14.4 Å². The lowest BCUT2D eigenvalue weighted by molar-refractivity contribution is -0.139. The maximum absolute atomic E-state index is 13.4. The van der Waals surface area contributed by atoms with E-state index in [1.165, 1.54) is 112 Å². The average Bonchev–Trinajstić information content (AvgIpc) is 3.10. The zero-order valence-electron chi connectivity index (χ0n) is 27.7. The molecule has 3 amide bonds. The van der Waals surface area contributed by atoms with Gasteiger partial charge in [-0.1, -0.05) is 0 Å². The standard InChI is InChI=1S/C36H33N3O12/c1-46-19-31(40)49-28-10-4-22(5-11-28)34(43)39-27-17-23(35(44)37-25-6-12-29(13-7-25)50-32(41)20-47-2)16-24(18-27)36(45)38-26-8-14-30(15-9-26)51-33(42)21-48-3/h4-18H,19-21H2,1-3H3,(H,37,44)(H,38,45)(H,39,43). The fraction of sp³-hybridized carbons (Fsp3) is 0.167. The van der Waals surface area contributed by atoms with Gasteiger partial charge in [0.05, 0.1) is 0 Å². The van der Waals surface area contributed by atoms with Crippen LogP contribution in [0.5, 0.6) is 17.2 Å². The monoisotopic (exact) mass is 699 g/mol. The largest absolute Gasteiger partial charge is 0.425 e. The van der Waals surface area contributed by atoms with Crippen molar-refractivity contribution in [3.05, 3.63) is 108 Å². The predicted octanol–water partition coefficient (Wildman–Crippen LogP) is 4.10. The van der Waals surface area contributed by atoms with Gasteiger partial charge in [0, 0.05) is 55.1 Å². The number of carbonyl (C=O) groups is 6. The van der Waals surface area contributed by atoms with Crippen molar-refractivity contribution in [1.29, 1.82) is 0 Å². The number of amides is 3. The highest BCUT2D eigenvalue weighted by atomic mass is 16.6. The lowest BCUT2D eigenvalue weighted by atomic mass is 10.1. The van der Waals surface area contributed by atoms with Crippen LogP contribution < -0.4 is 30.2 Å². The Labute approximate surface area is 291 Å². The Morgan fingerprint density at radius 1 is 0.412 bits per heavy atom. The van der Waals surface area contributed by atoms with Crippen molar-refractivity contribution in [2.75, 3.05) is 57.1 Å². The third-order valence-electron chi connectivity index (χ3n) is 6.54. The number of carbonyl (C=O) groups excluding carboxylic acids is 6. The molecule has 0 unspecified atom stereocenters. The molecular weight excluding hydrogens is 666 g/mol. The summed E-state index contributed by atoms with van der Waals surface area (Å²) < 4.78 is 29.6. The number of benzene rings is 4. The van der Waals surface area contributed by atoms with Crippen LogP contribution in [-0.2, 0) is 28.6 Å². The molecule has 264 valence electrons. The Kier molecular flexibility index (Phi) is 13.5. The number of esters is 3. The summed E-state index contributed by atoms with van der Waals surface area (Å²) in [4.78, 5) is 75.0. The first-order valence-electron chi connectivity index (χ1n) is 15.0. The summed E-state index contributed by atoms with van der Waals surface area (Å²) >= 11 is 0. The van der Waals surface area contributed by atoms with E-state index in [0.717, 1.165) is 0 Å². The SMILES string of the molecule is COCC(=O)Oc1ccc(NC(=O)c2cc(NC(=O)c3ccc(OC(=O)COC)cc3)cc(C(=O)Nc3ccc(OC(=O)COC)cc3)c2)cc1. The first-order chi connectivity index (χ1) is 24.6. The van der Waals surface area contributed by atoms with E-state index >= 15 is 0 Å². The molecule has 0 saturated heterocycles. The minimum absolute atomic E-state index is 0.0226. The van der Waals surface area contributed by atoms with Gasteiger partial charge >= 0.3 is 17.9 Å². The maximum Gasteiger partial charge on any atom is 0.337 e. The normalized spacial score (nSPS) is 10.4. The Balaban J connectivity index is 1.54. The highest BCUT2D eigenvalue weighted by Crippen LogP contribution is 2.23. The van der Waals surface area contributed by atoms with Crippen LogP contribution in [-0.4, -0.2) is 76.8 Å². The quantitative estimate of drug-likeness (QED) is 0.119. The van der Waals surface area contributed by atoms with E-state index in [2.05, 4.69) is 16.0 Å². The van der Waals surface area contributed by atoms with Crippen LogP contribution in [0, 0.1) is 0 Å². The topological polar surface area (TPSA) is 194 Å². The minimum Gasteiger partial charge on any atom is -0.425 e. The Hall–Kier alpha value is -6.42. The van der Waals surface area contributed by atoms with Crippen LogP contribution in [0.25, 0.3) is 0 Å². The van der Waals surface area contributed by atoms with Crippen LogP contribution in [0.3, 0.4) is 0 Å². The molecule has 0 radical (unpaired) electrons. The van der Waals surface area contributed by atoms with Gasteiger partial charge in [-0.25, -0.2) is 14.4 Å². The van der Waals surface area contributed by atoms with E-state index in [-0.39, 0.29) is 59.4 Å². The van der Waals surface area contributed by atoms with E-state index in [1.54, 1.807) is 0 Å². The molecule has 0 bridgehead atoms. The number of anilines is 3. The van der Waals surface area contributed by atoms with Crippen LogP contribution in [0.15, 0.2) is 91.0 Å². The van der Waals surface area contributed by atoms with Crippen molar-refractivity contribution in [3.63, 3.8) is 0 Å². The molecule has 15 heteroatoms. The van der Waals surface area contributed by atoms with Gasteiger partial charge in [-0.2, -0.15) is 0 Å². The predicted molar refractivity (Wildman–Crippen MR) is 182 cm³/mol. The molecule has 0 saturated carbocycles. The summed E-state index contributed by atoms with van der Waals surface area (Å²) in [7, 11) is 4.08. The van der Waals surface area contributed by atoms with Crippen molar-refractivity contribution >= 4 is 52.7 Å². The minimum atomic E-state index is -0.617. The summed E-state index contributed by atoms with van der Waals surface area (Å²) in [6.07, 6.45) is 0. The molecule has 0 aliphatic rings. The van der Waals surface area contributed by atoms with E-state index in [9.17, 15) is 28.8 Å². The third kappa shape index (κ3) is 11.6. The van der Waals surface area contributed by atoms with Crippen LogP contribution in [0.4, 0.5) is 17.1 Å². The van der Waals surface area contributed by atoms with Crippen molar-refractivity contribution in [2.24, 2.45) is 0 Å². The summed E-state index contributed by atoms with van der Waals surface area (Å²) in [5.74, 6) is -2.94. The van der Waals surface area contributed by atoms with Gasteiger partial charge in [0.1, 0.15) is 37.1 Å². The molecule has 15 nitrogen and oxygen atoms in total. The number of methoxy groups -OCH3 is 3.